The lowest BCUT2D eigenvalue weighted by Crippen LogP contribution is -2.50. The molecule has 6 rings (SSSR count). The highest BCUT2D eigenvalue weighted by molar-refractivity contribution is 6.58. The first kappa shape index (κ1) is 34.8. The van der Waals surface area contributed by atoms with E-state index in [4.69, 9.17) is 69.6 Å². The molecule has 1 aliphatic carbocycles. The molecule has 1 aliphatic rings. The maximum absolute atomic E-state index is 18.4. The number of halogens is 12. The van der Waals surface area contributed by atoms with Crippen molar-refractivity contribution in [2.24, 2.45) is 0 Å². The molecule has 48 heavy (non-hydrogen) atoms. The van der Waals surface area contributed by atoms with Crippen LogP contribution < -0.4 is 0 Å². The van der Waals surface area contributed by atoms with Crippen molar-refractivity contribution in [2.75, 3.05) is 0 Å². The third-order valence-electron chi connectivity index (χ3n) is 8.06. The van der Waals surface area contributed by atoms with E-state index in [1.165, 1.54) is 24.3 Å². The second-order valence-corrected chi connectivity index (χ2v) is 13.7. The van der Waals surface area contributed by atoms with Gasteiger partial charge < -0.3 is 0 Å². The smallest absolute Gasteiger partial charge is 0.164 e. The van der Waals surface area contributed by atoms with Crippen LogP contribution in [0.25, 0.3) is 16.7 Å². The minimum Gasteiger partial charge on any atom is -0.210 e. The molecule has 5 aromatic rings. The van der Waals surface area contributed by atoms with E-state index < -0.39 is 77.5 Å². The van der Waals surface area contributed by atoms with Gasteiger partial charge in [0.15, 0.2) is 4.33 Å². The summed E-state index contributed by atoms with van der Waals surface area (Å²) in [5, 5.41) is -1.09. The summed E-state index contributed by atoms with van der Waals surface area (Å²) in [5.74, 6) is -6.14. The average Bonchev–Trinajstić information content (AvgIpc) is 3.03. The highest BCUT2D eigenvalue weighted by atomic mass is 35.5. The summed E-state index contributed by atoms with van der Waals surface area (Å²) in [4.78, 5) is 0. The van der Waals surface area contributed by atoms with Crippen LogP contribution in [-0.2, 0) is 5.41 Å². The summed E-state index contributed by atoms with van der Waals surface area (Å²) in [5.41, 5.74) is -5.77. The van der Waals surface area contributed by atoms with Crippen LogP contribution in [0.5, 0.6) is 0 Å². The molecular weight excluding hydrogens is 759 g/mol. The van der Waals surface area contributed by atoms with Crippen molar-refractivity contribution in [1.29, 1.82) is 0 Å². The molecule has 0 saturated heterocycles. The normalized spacial score (nSPS) is 17.7. The Morgan fingerprint density at radius 1 is 0.479 bits per heavy atom. The topological polar surface area (TPSA) is 0 Å². The fourth-order valence-corrected chi connectivity index (χ4v) is 7.73. The Bertz CT molecular complexity index is 2190. The molecule has 0 nitrogen and oxygen atoms in total. The SMILES string of the molecule is FC1=C(c2ccc(F)c(Cl)c2)C(c2ccc(Cl)c(F)c2)=C(c2cc(Cl)ccc2F)C(Cl)(Cl)C1(c1ccccc1F)c1cc(F)ccc1Cl. The summed E-state index contributed by atoms with van der Waals surface area (Å²) in [6, 6.07) is 17.5. The predicted molar refractivity (Wildman–Crippen MR) is 182 cm³/mol. The fourth-order valence-electron chi connectivity index (χ4n) is 6.03. The van der Waals surface area contributed by atoms with Gasteiger partial charge in [-0.05, 0) is 89.0 Å². The molecule has 0 aromatic heterocycles. The van der Waals surface area contributed by atoms with E-state index in [9.17, 15) is 4.39 Å². The molecule has 0 fully saturated rings. The van der Waals surface area contributed by atoms with Gasteiger partial charge in [0.05, 0.1) is 10.0 Å². The summed E-state index contributed by atoms with van der Waals surface area (Å²) in [7, 11) is 0. The van der Waals surface area contributed by atoms with Gasteiger partial charge >= 0.3 is 0 Å². The Kier molecular flexibility index (Phi) is 9.40. The van der Waals surface area contributed by atoms with Gasteiger partial charge in [0.25, 0.3) is 0 Å². The maximum Gasteiger partial charge on any atom is 0.164 e. The number of allylic oxidation sites excluding steroid dienone is 4. The number of alkyl halides is 2. The van der Waals surface area contributed by atoms with E-state index in [2.05, 4.69) is 0 Å². The zero-order chi connectivity index (χ0) is 34.7. The van der Waals surface area contributed by atoms with Crippen LogP contribution in [-0.4, -0.2) is 4.33 Å². The number of benzene rings is 5. The van der Waals surface area contributed by atoms with E-state index in [1.54, 1.807) is 0 Å². The zero-order valence-electron chi connectivity index (χ0n) is 23.8. The first-order valence-electron chi connectivity index (χ1n) is 13.8. The van der Waals surface area contributed by atoms with Gasteiger partial charge in [-0.3, -0.25) is 0 Å². The van der Waals surface area contributed by atoms with Crippen LogP contribution in [0.3, 0.4) is 0 Å². The van der Waals surface area contributed by atoms with Crippen LogP contribution in [0.2, 0.25) is 20.1 Å². The van der Waals surface area contributed by atoms with Gasteiger partial charge in [0.2, 0.25) is 0 Å². The van der Waals surface area contributed by atoms with Crippen molar-refractivity contribution >= 4 is 86.3 Å². The largest absolute Gasteiger partial charge is 0.210 e. The van der Waals surface area contributed by atoms with Crippen LogP contribution >= 0.6 is 69.6 Å². The van der Waals surface area contributed by atoms with Crippen LogP contribution in [0.15, 0.2) is 103 Å². The first-order chi connectivity index (χ1) is 22.7. The molecule has 5 aromatic carbocycles. The number of rotatable bonds is 5. The molecule has 0 spiro atoms. The van der Waals surface area contributed by atoms with Crippen LogP contribution in [0, 0.1) is 29.1 Å². The molecule has 1 atom stereocenters. The first-order valence-corrected chi connectivity index (χ1v) is 16.1. The Morgan fingerprint density at radius 2 is 1.12 bits per heavy atom. The summed E-state index contributed by atoms with van der Waals surface area (Å²) in [6.07, 6.45) is 0. The number of hydrogen-bond donors (Lipinski definition) is 0. The van der Waals surface area contributed by atoms with E-state index in [0.717, 1.165) is 72.8 Å². The average molecular weight is 775 g/mol. The molecule has 0 N–H and O–H groups in total. The minimum absolute atomic E-state index is 0.0219. The Hall–Kier alpha value is -3.10. The second kappa shape index (κ2) is 13.0. The lowest BCUT2D eigenvalue weighted by atomic mass is 9.61. The highest BCUT2D eigenvalue weighted by Gasteiger charge is 2.64. The van der Waals surface area contributed by atoms with Crippen molar-refractivity contribution in [3.05, 3.63) is 180 Å². The quantitative estimate of drug-likeness (QED) is 0.123. The molecule has 12 heteroatoms. The maximum atomic E-state index is 18.4. The van der Waals surface area contributed by atoms with Crippen LogP contribution in [0.4, 0.5) is 26.3 Å². The van der Waals surface area contributed by atoms with Crippen molar-refractivity contribution in [3.63, 3.8) is 0 Å². The van der Waals surface area contributed by atoms with Gasteiger partial charge in [-0.25, -0.2) is 26.3 Å². The van der Waals surface area contributed by atoms with Crippen molar-refractivity contribution in [3.8, 4) is 0 Å². The monoisotopic (exact) mass is 772 g/mol. The lowest BCUT2D eigenvalue weighted by Gasteiger charge is -2.49. The summed E-state index contributed by atoms with van der Waals surface area (Å²) < 4.78 is 92.7. The fraction of sp³-hybridized carbons (Fsp3) is 0.0556. The molecule has 0 amide bonds. The Balaban J connectivity index is 1.96. The second-order valence-electron chi connectivity index (χ2n) is 10.7. The molecule has 0 bridgehead atoms. The van der Waals surface area contributed by atoms with Gasteiger partial charge in [0.1, 0.15) is 40.3 Å². The highest BCUT2D eigenvalue weighted by Crippen LogP contribution is 2.67. The third kappa shape index (κ3) is 5.51. The molecule has 0 radical (unpaired) electrons. The molecular formula is C36H16Cl6F6. The molecule has 0 heterocycles. The third-order valence-corrected chi connectivity index (χ3v) is 10.2. The van der Waals surface area contributed by atoms with E-state index >= 15 is 22.0 Å². The molecule has 0 aliphatic heterocycles. The molecule has 244 valence electrons. The van der Waals surface area contributed by atoms with Gasteiger partial charge in [-0.15, -0.1) is 0 Å². The van der Waals surface area contributed by atoms with Crippen molar-refractivity contribution < 1.29 is 26.3 Å². The van der Waals surface area contributed by atoms with Crippen LogP contribution in [0.1, 0.15) is 27.8 Å². The lowest BCUT2D eigenvalue weighted by molar-refractivity contribution is 0.427. The van der Waals surface area contributed by atoms with E-state index in [1.807, 2.05) is 0 Å². The van der Waals surface area contributed by atoms with E-state index in [-0.39, 0.29) is 31.8 Å². The standard InChI is InChI=1S/C36H16Cl6F6/c37-19-7-12-27(44)21(15-19)33-31(18-5-9-25(39)30(47)14-18)32(17-6-11-29(46)26(40)13-17)34(48)35(36(33,41)42,22-3-1-2-4-28(22)45)23-16-20(43)8-10-24(23)38/h1-16H. The summed E-state index contributed by atoms with van der Waals surface area (Å²) in [6.45, 7) is 0. The predicted octanol–water partition coefficient (Wildman–Crippen LogP) is 13.5. The Morgan fingerprint density at radius 3 is 1.81 bits per heavy atom. The molecule has 1 unspecified atom stereocenters. The summed E-state index contributed by atoms with van der Waals surface area (Å²) >= 11 is 39.9. The van der Waals surface area contributed by atoms with E-state index in [0.29, 0.717) is 0 Å². The van der Waals surface area contributed by atoms with Gasteiger partial charge in [0, 0.05) is 32.3 Å². The van der Waals surface area contributed by atoms with Gasteiger partial charge in [-0.2, -0.15) is 0 Å². The van der Waals surface area contributed by atoms with Crippen molar-refractivity contribution in [2.45, 2.75) is 9.75 Å². The molecule has 0 saturated carbocycles. The van der Waals surface area contributed by atoms with Gasteiger partial charge in [-0.1, -0.05) is 99.9 Å². The Labute approximate surface area is 300 Å². The number of hydrogen-bond acceptors (Lipinski definition) is 0. The zero-order valence-corrected chi connectivity index (χ0v) is 28.3. The van der Waals surface area contributed by atoms with Crippen molar-refractivity contribution in [1.82, 2.24) is 0 Å². The minimum atomic E-state index is -2.85.